The van der Waals surface area contributed by atoms with Gasteiger partial charge in [-0.2, -0.15) is 5.10 Å². The Balaban J connectivity index is 1.19. The Morgan fingerprint density at radius 2 is 1.85 bits per heavy atom. The summed E-state index contributed by atoms with van der Waals surface area (Å²) in [4.78, 5) is 26.9. The third-order valence-corrected chi connectivity index (χ3v) is 6.94. The fraction of sp³-hybridized carbons (Fsp3) is 0.192. The van der Waals surface area contributed by atoms with Gasteiger partial charge in [-0.1, -0.05) is 42.5 Å². The van der Waals surface area contributed by atoms with Gasteiger partial charge in [-0.3, -0.25) is 9.59 Å². The van der Waals surface area contributed by atoms with E-state index in [1.54, 1.807) is 42.2 Å². The SMILES string of the molecule is O=C(N/N=C\c1ccc2c(c1)OCO2)c1ccc([C@H]2SCC(=O)N2CCc2ccccc2)cc1. The van der Waals surface area contributed by atoms with E-state index in [-0.39, 0.29) is 24.0 Å². The Bertz CT molecular complexity index is 1210. The largest absolute Gasteiger partial charge is 0.454 e. The van der Waals surface area contributed by atoms with Crippen molar-refractivity contribution in [3.63, 3.8) is 0 Å². The molecule has 0 radical (unpaired) electrons. The summed E-state index contributed by atoms with van der Waals surface area (Å²) in [6, 6.07) is 22.9. The number of fused-ring (bicyclic) bond motifs is 1. The van der Waals surface area contributed by atoms with E-state index in [0.29, 0.717) is 29.4 Å². The van der Waals surface area contributed by atoms with Crippen molar-refractivity contribution in [3.05, 3.63) is 95.1 Å². The molecule has 2 amide bonds. The highest BCUT2D eigenvalue weighted by Crippen LogP contribution is 2.38. The van der Waals surface area contributed by atoms with Crippen molar-refractivity contribution in [3.8, 4) is 11.5 Å². The summed E-state index contributed by atoms with van der Waals surface area (Å²) in [7, 11) is 0. The highest BCUT2D eigenvalue weighted by Gasteiger charge is 2.32. The van der Waals surface area contributed by atoms with E-state index in [1.807, 2.05) is 41.3 Å². The zero-order valence-corrected chi connectivity index (χ0v) is 19.2. The van der Waals surface area contributed by atoms with Crippen LogP contribution in [-0.4, -0.2) is 42.0 Å². The van der Waals surface area contributed by atoms with Crippen molar-refractivity contribution in [1.82, 2.24) is 10.3 Å². The molecule has 1 atom stereocenters. The lowest BCUT2D eigenvalue weighted by Crippen LogP contribution is -2.30. The average molecular weight is 474 g/mol. The molecule has 0 saturated carbocycles. The molecule has 34 heavy (non-hydrogen) atoms. The first kappa shape index (κ1) is 22.0. The van der Waals surface area contributed by atoms with Crippen molar-refractivity contribution < 1.29 is 19.1 Å². The zero-order chi connectivity index (χ0) is 23.3. The standard InChI is InChI=1S/C26H23N3O4S/c30-24-16-34-26(29(24)13-12-18-4-2-1-3-5-18)21-9-7-20(8-10-21)25(31)28-27-15-19-6-11-22-23(14-19)33-17-32-22/h1-11,14-15,26H,12-13,16-17H2,(H,28,31)/b27-15-/t26-/m1/s1. The molecule has 0 aliphatic carbocycles. The van der Waals surface area contributed by atoms with E-state index in [1.165, 1.54) is 5.56 Å². The molecule has 1 saturated heterocycles. The van der Waals surface area contributed by atoms with Gasteiger partial charge in [0.05, 0.1) is 12.0 Å². The van der Waals surface area contributed by atoms with Crippen molar-refractivity contribution in [2.45, 2.75) is 11.8 Å². The van der Waals surface area contributed by atoms with Crippen LogP contribution in [0.2, 0.25) is 0 Å². The summed E-state index contributed by atoms with van der Waals surface area (Å²) >= 11 is 1.61. The quantitative estimate of drug-likeness (QED) is 0.415. The molecule has 1 N–H and O–H groups in total. The molecular weight excluding hydrogens is 450 g/mol. The fourth-order valence-electron chi connectivity index (χ4n) is 3.89. The van der Waals surface area contributed by atoms with Crippen molar-refractivity contribution in [2.24, 2.45) is 5.10 Å². The summed E-state index contributed by atoms with van der Waals surface area (Å²) in [6.45, 7) is 0.873. The summed E-state index contributed by atoms with van der Waals surface area (Å²) in [5.74, 6) is 1.66. The monoisotopic (exact) mass is 473 g/mol. The molecule has 1 fully saturated rings. The molecule has 8 heteroatoms. The summed E-state index contributed by atoms with van der Waals surface area (Å²) in [5.41, 5.74) is 6.05. The second-order valence-corrected chi connectivity index (χ2v) is 8.99. The van der Waals surface area contributed by atoms with Gasteiger partial charge in [0, 0.05) is 12.1 Å². The summed E-state index contributed by atoms with van der Waals surface area (Å²) in [5, 5.41) is 4.00. The molecule has 172 valence electrons. The Hall–Kier alpha value is -3.78. The maximum absolute atomic E-state index is 12.5. The number of thioether (sulfide) groups is 1. The second-order valence-electron chi connectivity index (χ2n) is 7.92. The molecular formula is C26H23N3O4S. The van der Waals surface area contributed by atoms with Crippen LogP contribution in [0.4, 0.5) is 0 Å². The molecule has 0 aromatic heterocycles. The zero-order valence-electron chi connectivity index (χ0n) is 18.3. The number of carbonyl (C=O) groups is 2. The predicted molar refractivity (Wildman–Crippen MR) is 131 cm³/mol. The highest BCUT2D eigenvalue weighted by atomic mass is 32.2. The fourth-order valence-corrected chi connectivity index (χ4v) is 5.11. The van der Waals surface area contributed by atoms with Crippen LogP contribution in [0.3, 0.4) is 0 Å². The van der Waals surface area contributed by atoms with Crippen molar-refractivity contribution in [1.29, 1.82) is 0 Å². The Morgan fingerprint density at radius 1 is 1.06 bits per heavy atom. The number of nitrogens with zero attached hydrogens (tertiary/aromatic N) is 2. The maximum Gasteiger partial charge on any atom is 0.271 e. The second kappa shape index (κ2) is 10.0. The lowest BCUT2D eigenvalue weighted by molar-refractivity contribution is -0.128. The topological polar surface area (TPSA) is 80.2 Å². The first-order chi connectivity index (χ1) is 16.7. The Kier molecular flexibility index (Phi) is 6.49. The van der Waals surface area contributed by atoms with E-state index < -0.39 is 0 Å². The maximum atomic E-state index is 12.5. The minimum absolute atomic E-state index is 0.0441. The summed E-state index contributed by atoms with van der Waals surface area (Å²) < 4.78 is 10.6. The first-order valence-electron chi connectivity index (χ1n) is 11.0. The normalized spacial score (nSPS) is 16.9. The van der Waals surface area contributed by atoms with Crippen LogP contribution in [0, 0.1) is 0 Å². The van der Waals surface area contributed by atoms with Crippen LogP contribution >= 0.6 is 11.8 Å². The third-order valence-electron chi connectivity index (χ3n) is 5.69. The molecule has 2 aliphatic rings. The molecule has 0 unspecified atom stereocenters. The van der Waals surface area contributed by atoms with Gasteiger partial charge in [0.15, 0.2) is 11.5 Å². The Labute approximate surface area is 201 Å². The minimum atomic E-state index is -0.306. The molecule has 0 bridgehead atoms. The third kappa shape index (κ3) is 4.92. The van der Waals surface area contributed by atoms with Crippen LogP contribution in [0.1, 0.15) is 32.4 Å². The van der Waals surface area contributed by atoms with Gasteiger partial charge in [-0.15, -0.1) is 11.8 Å². The smallest absolute Gasteiger partial charge is 0.271 e. The molecule has 0 spiro atoms. The first-order valence-corrected chi connectivity index (χ1v) is 12.0. The van der Waals surface area contributed by atoms with Crippen molar-refractivity contribution in [2.75, 3.05) is 19.1 Å². The van der Waals surface area contributed by atoms with Crippen molar-refractivity contribution >= 4 is 29.8 Å². The number of ether oxygens (including phenoxy) is 2. The lowest BCUT2D eigenvalue weighted by atomic mass is 10.1. The number of benzene rings is 3. The number of hydrogen-bond acceptors (Lipinski definition) is 6. The predicted octanol–water partition coefficient (Wildman–Crippen LogP) is 4.00. The van der Waals surface area contributed by atoms with Crippen LogP contribution in [-0.2, 0) is 11.2 Å². The Morgan fingerprint density at radius 3 is 2.68 bits per heavy atom. The van der Waals surface area contributed by atoms with Gasteiger partial charge >= 0.3 is 0 Å². The number of carbonyl (C=O) groups excluding carboxylic acids is 2. The van der Waals surface area contributed by atoms with E-state index >= 15 is 0 Å². The van der Waals surface area contributed by atoms with Gasteiger partial charge in [0.1, 0.15) is 5.37 Å². The lowest BCUT2D eigenvalue weighted by Gasteiger charge is -2.24. The average Bonchev–Trinajstić information content (AvgIpc) is 3.49. The van der Waals surface area contributed by atoms with E-state index in [9.17, 15) is 9.59 Å². The van der Waals surface area contributed by atoms with Gasteiger partial charge in [0.25, 0.3) is 5.91 Å². The number of hydrazone groups is 1. The molecule has 2 heterocycles. The number of hydrogen-bond donors (Lipinski definition) is 1. The minimum Gasteiger partial charge on any atom is -0.454 e. The summed E-state index contributed by atoms with van der Waals surface area (Å²) in [6.07, 6.45) is 2.37. The molecule has 5 rings (SSSR count). The van der Waals surface area contributed by atoms with E-state index in [2.05, 4.69) is 22.7 Å². The van der Waals surface area contributed by atoms with E-state index in [4.69, 9.17) is 9.47 Å². The number of amides is 2. The number of rotatable bonds is 7. The van der Waals surface area contributed by atoms with Gasteiger partial charge in [-0.05, 0) is 53.4 Å². The van der Waals surface area contributed by atoms with Crippen LogP contribution in [0.25, 0.3) is 0 Å². The highest BCUT2D eigenvalue weighted by molar-refractivity contribution is 8.00. The molecule has 7 nitrogen and oxygen atoms in total. The number of nitrogens with one attached hydrogen (secondary N) is 1. The molecule has 3 aromatic carbocycles. The van der Waals surface area contributed by atoms with E-state index in [0.717, 1.165) is 17.5 Å². The van der Waals surface area contributed by atoms with Crippen LogP contribution < -0.4 is 14.9 Å². The molecule has 3 aromatic rings. The molecule has 2 aliphatic heterocycles. The van der Waals surface area contributed by atoms with Gasteiger partial charge in [0.2, 0.25) is 12.7 Å². The van der Waals surface area contributed by atoms with Gasteiger partial charge in [-0.25, -0.2) is 5.43 Å². The van der Waals surface area contributed by atoms with Gasteiger partial charge < -0.3 is 14.4 Å². The van der Waals surface area contributed by atoms with Crippen LogP contribution in [0.15, 0.2) is 77.9 Å². The van der Waals surface area contributed by atoms with Crippen LogP contribution in [0.5, 0.6) is 11.5 Å².